The SMILES string of the molecule is CCNC(=O)Oc1nccc(-c2cn[nH]c2-c2ccc(F)cc2)n1. The molecule has 0 saturated carbocycles. The Hall–Kier alpha value is -3.29. The summed E-state index contributed by atoms with van der Waals surface area (Å²) in [5, 5.41) is 9.38. The Bertz CT molecular complexity index is 848. The van der Waals surface area contributed by atoms with Crippen molar-refractivity contribution in [3.05, 3.63) is 48.5 Å². The third kappa shape index (κ3) is 3.37. The minimum absolute atomic E-state index is 0.0651. The number of benzene rings is 1. The van der Waals surface area contributed by atoms with E-state index < -0.39 is 6.09 Å². The van der Waals surface area contributed by atoms with Crippen LogP contribution in [0.25, 0.3) is 22.5 Å². The normalized spacial score (nSPS) is 10.4. The predicted molar refractivity (Wildman–Crippen MR) is 84.7 cm³/mol. The van der Waals surface area contributed by atoms with E-state index in [2.05, 4.69) is 25.5 Å². The summed E-state index contributed by atoms with van der Waals surface area (Å²) in [5.74, 6) is -0.320. The fourth-order valence-corrected chi connectivity index (χ4v) is 2.12. The number of hydrogen-bond donors (Lipinski definition) is 2. The topological polar surface area (TPSA) is 92.8 Å². The van der Waals surface area contributed by atoms with Crippen molar-refractivity contribution >= 4 is 6.09 Å². The maximum absolute atomic E-state index is 13.1. The molecule has 0 radical (unpaired) electrons. The van der Waals surface area contributed by atoms with Gasteiger partial charge in [-0.3, -0.25) is 5.10 Å². The van der Waals surface area contributed by atoms with Gasteiger partial charge >= 0.3 is 12.1 Å². The van der Waals surface area contributed by atoms with Crippen LogP contribution in [0.2, 0.25) is 0 Å². The van der Waals surface area contributed by atoms with Crippen molar-refractivity contribution in [2.24, 2.45) is 0 Å². The number of nitrogens with zero attached hydrogens (tertiary/aromatic N) is 3. The summed E-state index contributed by atoms with van der Waals surface area (Å²) in [6.45, 7) is 2.22. The van der Waals surface area contributed by atoms with Crippen molar-refractivity contribution in [2.45, 2.75) is 6.92 Å². The number of H-pyrrole nitrogens is 1. The number of carbonyl (C=O) groups excluding carboxylic acids is 1. The first-order valence-electron chi connectivity index (χ1n) is 7.25. The lowest BCUT2D eigenvalue weighted by atomic mass is 10.1. The summed E-state index contributed by atoms with van der Waals surface area (Å²) >= 11 is 0. The summed E-state index contributed by atoms with van der Waals surface area (Å²) in [5.41, 5.74) is 2.65. The average molecular weight is 327 g/mol. The van der Waals surface area contributed by atoms with Crippen LogP contribution in [0, 0.1) is 5.82 Å². The zero-order valence-corrected chi connectivity index (χ0v) is 12.8. The number of rotatable bonds is 4. The van der Waals surface area contributed by atoms with E-state index in [1.165, 1.54) is 18.3 Å². The van der Waals surface area contributed by atoms with Gasteiger partial charge in [0.1, 0.15) is 5.82 Å². The molecule has 8 heteroatoms. The third-order valence-corrected chi connectivity index (χ3v) is 3.19. The molecule has 0 spiro atoms. The van der Waals surface area contributed by atoms with Crippen LogP contribution >= 0.6 is 0 Å². The minimum atomic E-state index is -0.624. The van der Waals surface area contributed by atoms with Gasteiger partial charge in [-0.25, -0.2) is 14.2 Å². The van der Waals surface area contributed by atoms with Crippen LogP contribution in [0.15, 0.2) is 42.7 Å². The number of aromatic nitrogens is 4. The van der Waals surface area contributed by atoms with Crippen molar-refractivity contribution in [1.29, 1.82) is 0 Å². The monoisotopic (exact) mass is 327 g/mol. The van der Waals surface area contributed by atoms with Crippen molar-refractivity contribution < 1.29 is 13.9 Å². The molecule has 3 rings (SSSR count). The Labute approximate surface area is 136 Å². The number of hydrogen-bond acceptors (Lipinski definition) is 5. The van der Waals surface area contributed by atoms with E-state index in [0.717, 1.165) is 5.56 Å². The number of ether oxygens (including phenoxy) is 1. The summed E-state index contributed by atoms with van der Waals surface area (Å²) < 4.78 is 18.1. The molecule has 0 saturated heterocycles. The molecule has 2 N–H and O–H groups in total. The maximum atomic E-state index is 13.1. The van der Waals surface area contributed by atoms with Gasteiger partial charge in [-0.2, -0.15) is 10.1 Å². The van der Waals surface area contributed by atoms with Crippen LogP contribution < -0.4 is 10.1 Å². The fraction of sp³-hybridized carbons (Fsp3) is 0.125. The van der Waals surface area contributed by atoms with Crippen LogP contribution in [0.1, 0.15) is 6.92 Å². The minimum Gasteiger partial charge on any atom is -0.374 e. The van der Waals surface area contributed by atoms with Crippen molar-refractivity contribution in [3.8, 4) is 28.5 Å². The quantitative estimate of drug-likeness (QED) is 0.768. The Kier molecular flexibility index (Phi) is 4.46. The molecular formula is C16H14FN5O2. The van der Waals surface area contributed by atoms with E-state index in [0.29, 0.717) is 23.5 Å². The third-order valence-electron chi connectivity index (χ3n) is 3.19. The first-order valence-corrected chi connectivity index (χ1v) is 7.25. The number of aromatic amines is 1. The van der Waals surface area contributed by atoms with Crippen molar-refractivity contribution in [3.63, 3.8) is 0 Å². The molecule has 0 fully saturated rings. The zero-order chi connectivity index (χ0) is 16.9. The van der Waals surface area contributed by atoms with Gasteiger partial charge in [-0.05, 0) is 37.3 Å². The van der Waals surface area contributed by atoms with E-state index in [1.807, 2.05) is 0 Å². The lowest BCUT2D eigenvalue weighted by molar-refractivity contribution is 0.197. The first-order chi connectivity index (χ1) is 11.7. The maximum Gasteiger partial charge on any atom is 0.415 e. The van der Waals surface area contributed by atoms with Gasteiger partial charge in [0.2, 0.25) is 0 Å². The first kappa shape index (κ1) is 15.6. The molecule has 7 nitrogen and oxygen atoms in total. The molecule has 1 amide bonds. The predicted octanol–water partition coefficient (Wildman–Crippen LogP) is 2.78. The van der Waals surface area contributed by atoms with Crippen LogP contribution in [0.4, 0.5) is 9.18 Å². The molecule has 2 aromatic heterocycles. The van der Waals surface area contributed by atoms with Crippen LogP contribution in [-0.2, 0) is 0 Å². The van der Waals surface area contributed by atoms with Gasteiger partial charge in [-0.1, -0.05) is 0 Å². The molecule has 0 unspecified atom stereocenters. The van der Waals surface area contributed by atoms with Gasteiger partial charge in [0.05, 0.1) is 17.6 Å². The highest BCUT2D eigenvalue weighted by atomic mass is 19.1. The van der Waals surface area contributed by atoms with Crippen LogP contribution in [0.3, 0.4) is 0 Å². The summed E-state index contributed by atoms with van der Waals surface area (Å²) in [6, 6.07) is 7.61. The van der Waals surface area contributed by atoms with Gasteiger partial charge in [-0.15, -0.1) is 0 Å². The molecule has 0 aliphatic carbocycles. The van der Waals surface area contributed by atoms with E-state index in [9.17, 15) is 9.18 Å². The summed E-state index contributed by atoms with van der Waals surface area (Å²) in [7, 11) is 0. The van der Waals surface area contributed by atoms with Crippen LogP contribution in [-0.4, -0.2) is 32.8 Å². The Morgan fingerprint density at radius 2 is 2.08 bits per heavy atom. The van der Waals surface area contributed by atoms with Gasteiger partial charge in [0.15, 0.2) is 0 Å². The molecule has 3 aromatic rings. The smallest absolute Gasteiger partial charge is 0.374 e. The number of halogens is 1. The highest BCUT2D eigenvalue weighted by Gasteiger charge is 2.13. The van der Waals surface area contributed by atoms with Crippen molar-refractivity contribution in [1.82, 2.24) is 25.5 Å². The highest BCUT2D eigenvalue weighted by molar-refractivity contribution is 5.78. The fourth-order valence-electron chi connectivity index (χ4n) is 2.12. The van der Waals surface area contributed by atoms with E-state index >= 15 is 0 Å². The second kappa shape index (κ2) is 6.86. The molecule has 2 heterocycles. The Balaban J connectivity index is 1.92. The zero-order valence-electron chi connectivity index (χ0n) is 12.8. The van der Waals surface area contributed by atoms with Gasteiger partial charge in [0.25, 0.3) is 0 Å². The lowest BCUT2D eigenvalue weighted by Gasteiger charge is -2.06. The summed E-state index contributed by atoms with van der Waals surface area (Å²) in [4.78, 5) is 19.6. The molecule has 24 heavy (non-hydrogen) atoms. The largest absolute Gasteiger partial charge is 0.415 e. The standard InChI is InChI=1S/C16H14FN5O2/c1-2-18-16(23)24-15-19-8-7-13(21-15)12-9-20-22-14(12)10-3-5-11(17)6-4-10/h3-9H,2H2,1H3,(H,18,23)(H,20,22). The molecular weight excluding hydrogens is 313 g/mol. The second-order valence-electron chi connectivity index (χ2n) is 4.81. The van der Waals surface area contributed by atoms with E-state index in [4.69, 9.17) is 4.74 Å². The Morgan fingerprint density at radius 1 is 1.29 bits per heavy atom. The molecule has 0 bridgehead atoms. The van der Waals surface area contributed by atoms with Gasteiger partial charge in [0, 0.05) is 23.9 Å². The molecule has 0 aliphatic rings. The van der Waals surface area contributed by atoms with Crippen molar-refractivity contribution in [2.75, 3.05) is 6.54 Å². The van der Waals surface area contributed by atoms with E-state index in [-0.39, 0.29) is 11.8 Å². The number of amides is 1. The van der Waals surface area contributed by atoms with E-state index in [1.54, 1.807) is 31.3 Å². The number of carbonyl (C=O) groups is 1. The average Bonchev–Trinajstić information content (AvgIpc) is 3.05. The molecule has 122 valence electrons. The highest BCUT2D eigenvalue weighted by Crippen LogP contribution is 2.29. The van der Waals surface area contributed by atoms with Gasteiger partial charge < -0.3 is 10.1 Å². The number of nitrogens with one attached hydrogen (secondary N) is 2. The van der Waals surface area contributed by atoms with Crippen LogP contribution in [0.5, 0.6) is 6.01 Å². The Morgan fingerprint density at radius 3 is 2.83 bits per heavy atom. The molecule has 1 aromatic carbocycles. The molecule has 0 atom stereocenters. The molecule has 0 aliphatic heterocycles. The second-order valence-corrected chi connectivity index (χ2v) is 4.81. The summed E-state index contributed by atoms with van der Waals surface area (Å²) in [6.07, 6.45) is 2.45. The lowest BCUT2D eigenvalue weighted by Crippen LogP contribution is -2.26.